The lowest BCUT2D eigenvalue weighted by Crippen LogP contribution is -2.38. The molecule has 0 saturated heterocycles. The van der Waals surface area contributed by atoms with Crippen LogP contribution in [0, 0.1) is 5.92 Å². The quantitative estimate of drug-likeness (QED) is 0.802. The van der Waals surface area contributed by atoms with Gasteiger partial charge in [0.2, 0.25) is 0 Å². The second kappa shape index (κ2) is 5.32. The highest BCUT2D eigenvalue weighted by Gasteiger charge is 2.25. The van der Waals surface area contributed by atoms with E-state index in [4.69, 9.17) is 10.5 Å². The van der Waals surface area contributed by atoms with Crippen molar-refractivity contribution in [3.05, 3.63) is 29.8 Å². The van der Waals surface area contributed by atoms with Crippen molar-refractivity contribution in [2.45, 2.75) is 32.9 Å². The molecule has 1 atom stereocenters. The Morgan fingerprint density at radius 3 is 2.56 bits per heavy atom. The zero-order chi connectivity index (χ0) is 12.2. The van der Waals surface area contributed by atoms with Gasteiger partial charge in [0.05, 0.1) is 5.60 Å². The fourth-order valence-electron chi connectivity index (χ4n) is 1.20. The van der Waals surface area contributed by atoms with Gasteiger partial charge in [0, 0.05) is 12.1 Å². The summed E-state index contributed by atoms with van der Waals surface area (Å²) in [4.78, 5) is 0. The molecule has 0 aliphatic heterocycles. The van der Waals surface area contributed by atoms with Gasteiger partial charge in [-0.05, 0) is 18.9 Å². The van der Waals surface area contributed by atoms with E-state index in [1.54, 1.807) is 6.92 Å². The van der Waals surface area contributed by atoms with Gasteiger partial charge >= 0.3 is 0 Å². The van der Waals surface area contributed by atoms with E-state index in [9.17, 15) is 5.11 Å². The molecule has 1 rings (SSSR count). The first-order chi connectivity index (χ1) is 7.47. The van der Waals surface area contributed by atoms with Crippen molar-refractivity contribution in [1.82, 2.24) is 0 Å². The van der Waals surface area contributed by atoms with Crippen molar-refractivity contribution in [3.8, 4) is 5.75 Å². The van der Waals surface area contributed by atoms with E-state index >= 15 is 0 Å². The maximum absolute atomic E-state index is 10.1. The maximum atomic E-state index is 10.1. The van der Waals surface area contributed by atoms with Crippen molar-refractivity contribution in [2.24, 2.45) is 11.7 Å². The third kappa shape index (κ3) is 3.22. The van der Waals surface area contributed by atoms with Crippen molar-refractivity contribution >= 4 is 0 Å². The Labute approximate surface area is 97.2 Å². The summed E-state index contributed by atoms with van der Waals surface area (Å²) in [5.74, 6) is 0.906. The van der Waals surface area contributed by atoms with E-state index in [2.05, 4.69) is 0 Å². The van der Waals surface area contributed by atoms with Crippen LogP contribution < -0.4 is 10.5 Å². The molecule has 0 bridgehead atoms. The highest BCUT2D eigenvalue weighted by Crippen LogP contribution is 2.21. The monoisotopic (exact) mass is 223 g/mol. The van der Waals surface area contributed by atoms with Crippen molar-refractivity contribution < 1.29 is 9.84 Å². The molecule has 3 nitrogen and oxygen atoms in total. The zero-order valence-electron chi connectivity index (χ0n) is 10.2. The lowest BCUT2D eigenvalue weighted by Gasteiger charge is -2.27. The first-order valence-electron chi connectivity index (χ1n) is 5.60. The van der Waals surface area contributed by atoms with E-state index in [1.165, 1.54) is 0 Å². The van der Waals surface area contributed by atoms with Crippen molar-refractivity contribution in [3.63, 3.8) is 0 Å². The predicted molar refractivity (Wildman–Crippen MR) is 65.3 cm³/mol. The molecule has 90 valence electrons. The second-order valence-corrected chi connectivity index (χ2v) is 4.61. The van der Waals surface area contributed by atoms with Gasteiger partial charge in [-0.15, -0.1) is 0 Å². The molecule has 0 spiro atoms. The number of nitrogens with two attached hydrogens (primary N) is 1. The number of para-hydroxylation sites is 1. The summed E-state index contributed by atoms with van der Waals surface area (Å²) in [5, 5.41) is 10.1. The van der Waals surface area contributed by atoms with Gasteiger partial charge in [0.15, 0.2) is 0 Å². The first-order valence-corrected chi connectivity index (χ1v) is 5.60. The minimum atomic E-state index is -0.818. The third-order valence-corrected chi connectivity index (χ3v) is 2.96. The van der Waals surface area contributed by atoms with Gasteiger partial charge in [0.1, 0.15) is 12.4 Å². The number of aliphatic hydroxyl groups is 1. The maximum Gasteiger partial charge on any atom is 0.123 e. The highest BCUT2D eigenvalue weighted by atomic mass is 16.5. The predicted octanol–water partition coefficient (Wildman–Crippen LogP) is 1.93. The smallest absolute Gasteiger partial charge is 0.123 e. The number of hydrogen-bond acceptors (Lipinski definition) is 3. The molecular formula is C13H21NO2. The molecule has 3 heteroatoms. The SMILES string of the molecule is CC(C)C(C)(O)COc1ccccc1CN. The fourth-order valence-corrected chi connectivity index (χ4v) is 1.20. The number of hydrogen-bond donors (Lipinski definition) is 2. The van der Waals surface area contributed by atoms with Gasteiger partial charge in [-0.1, -0.05) is 32.0 Å². The molecule has 0 fully saturated rings. The first kappa shape index (κ1) is 13.0. The molecule has 0 saturated carbocycles. The number of rotatable bonds is 5. The van der Waals surface area contributed by atoms with Gasteiger partial charge in [-0.25, -0.2) is 0 Å². The summed E-state index contributed by atoms with van der Waals surface area (Å²) in [6.07, 6.45) is 0. The normalized spacial score (nSPS) is 14.9. The Balaban J connectivity index is 2.67. The lowest BCUT2D eigenvalue weighted by atomic mass is 9.94. The molecule has 16 heavy (non-hydrogen) atoms. The van der Waals surface area contributed by atoms with Crippen LogP contribution in [0.1, 0.15) is 26.3 Å². The van der Waals surface area contributed by atoms with E-state index in [1.807, 2.05) is 38.1 Å². The van der Waals surface area contributed by atoms with Gasteiger partial charge in [-0.3, -0.25) is 0 Å². The van der Waals surface area contributed by atoms with Crippen LogP contribution in [0.4, 0.5) is 0 Å². The summed E-state index contributed by atoms with van der Waals surface area (Å²) in [7, 11) is 0. The summed E-state index contributed by atoms with van der Waals surface area (Å²) in [6.45, 7) is 6.45. The zero-order valence-corrected chi connectivity index (χ0v) is 10.2. The van der Waals surface area contributed by atoms with Crippen LogP contribution in [0.3, 0.4) is 0 Å². The standard InChI is InChI=1S/C13H21NO2/c1-10(2)13(3,15)9-16-12-7-5-4-6-11(12)8-14/h4-7,10,15H,8-9,14H2,1-3H3. The molecule has 3 N–H and O–H groups in total. The highest BCUT2D eigenvalue weighted by molar-refractivity contribution is 5.33. The third-order valence-electron chi connectivity index (χ3n) is 2.96. The minimum Gasteiger partial charge on any atom is -0.490 e. The topological polar surface area (TPSA) is 55.5 Å². The van der Waals surface area contributed by atoms with E-state index < -0.39 is 5.60 Å². The van der Waals surface area contributed by atoms with Gasteiger partial charge < -0.3 is 15.6 Å². The van der Waals surface area contributed by atoms with Gasteiger partial charge in [0.25, 0.3) is 0 Å². The van der Waals surface area contributed by atoms with E-state index in [-0.39, 0.29) is 12.5 Å². The van der Waals surface area contributed by atoms with Crippen LogP contribution >= 0.6 is 0 Å². The Kier molecular flexibility index (Phi) is 4.33. The van der Waals surface area contributed by atoms with Crippen LogP contribution in [0.25, 0.3) is 0 Å². The summed E-state index contributed by atoms with van der Waals surface area (Å²) >= 11 is 0. The van der Waals surface area contributed by atoms with Crippen LogP contribution in [0.5, 0.6) is 5.75 Å². The average Bonchev–Trinajstić information content (AvgIpc) is 2.26. The molecule has 0 aromatic heterocycles. The summed E-state index contributed by atoms with van der Waals surface area (Å²) < 4.78 is 5.62. The van der Waals surface area contributed by atoms with Gasteiger partial charge in [-0.2, -0.15) is 0 Å². The molecule has 0 aliphatic rings. The van der Waals surface area contributed by atoms with Crippen LogP contribution in [0.15, 0.2) is 24.3 Å². The molecular weight excluding hydrogens is 202 g/mol. The molecule has 1 aromatic rings. The van der Waals surface area contributed by atoms with Crippen molar-refractivity contribution in [1.29, 1.82) is 0 Å². The molecule has 0 heterocycles. The van der Waals surface area contributed by atoms with Crippen LogP contribution in [0.2, 0.25) is 0 Å². The Hall–Kier alpha value is -1.06. The second-order valence-electron chi connectivity index (χ2n) is 4.61. The molecule has 0 radical (unpaired) electrons. The van der Waals surface area contributed by atoms with Crippen molar-refractivity contribution in [2.75, 3.05) is 6.61 Å². The molecule has 1 unspecified atom stereocenters. The Bertz CT molecular complexity index is 334. The number of ether oxygens (including phenoxy) is 1. The van der Waals surface area contributed by atoms with E-state index in [0.29, 0.717) is 6.54 Å². The minimum absolute atomic E-state index is 0.150. The average molecular weight is 223 g/mol. The molecule has 0 aliphatic carbocycles. The van der Waals surface area contributed by atoms with Crippen LogP contribution in [-0.4, -0.2) is 17.3 Å². The Morgan fingerprint density at radius 2 is 2.00 bits per heavy atom. The van der Waals surface area contributed by atoms with E-state index in [0.717, 1.165) is 11.3 Å². The molecule has 0 amide bonds. The molecule has 1 aromatic carbocycles. The number of benzene rings is 1. The fraction of sp³-hybridized carbons (Fsp3) is 0.538. The summed E-state index contributed by atoms with van der Waals surface area (Å²) in [5.41, 5.74) is 5.75. The summed E-state index contributed by atoms with van der Waals surface area (Å²) in [6, 6.07) is 7.63. The Morgan fingerprint density at radius 1 is 1.38 bits per heavy atom. The largest absolute Gasteiger partial charge is 0.490 e. The lowest BCUT2D eigenvalue weighted by molar-refractivity contribution is -0.0268. The van der Waals surface area contributed by atoms with Crippen LogP contribution in [-0.2, 0) is 6.54 Å².